The number of halogens is 2. The highest BCUT2D eigenvalue weighted by Crippen LogP contribution is 2.36. The predicted octanol–water partition coefficient (Wildman–Crippen LogP) is 2.23. The maximum Gasteiger partial charge on any atom is 0.290 e. The van der Waals surface area contributed by atoms with Crippen LogP contribution in [0.1, 0.15) is 44.9 Å². The fourth-order valence-electron chi connectivity index (χ4n) is 4.00. The number of hydrogen-bond donors (Lipinski definition) is 1. The van der Waals surface area contributed by atoms with Gasteiger partial charge in [-0.3, -0.25) is 9.59 Å². The summed E-state index contributed by atoms with van der Waals surface area (Å²) in [6.07, 6.45) is 3.87. The van der Waals surface area contributed by atoms with Crippen LogP contribution < -0.4 is 0 Å². The minimum absolute atomic E-state index is 0.0368. The zero-order chi connectivity index (χ0) is 19.0. The van der Waals surface area contributed by atoms with E-state index in [1.165, 1.54) is 0 Å². The standard InChI is InChI=1S/C17H28F2N2O2.CH2O2/c18-17(19)6-4-14(5-7-17)13-20-8-2-9-21(11-10-20)16(22)15-3-1-12-23-15;2-1-3/h14-15H,1-13H2;1H,(H,2,3)/t15-;/m1./s1. The lowest BCUT2D eigenvalue weighted by atomic mass is 9.86. The van der Waals surface area contributed by atoms with Crippen LogP contribution in [0.5, 0.6) is 0 Å². The van der Waals surface area contributed by atoms with Crippen LogP contribution in [0.3, 0.4) is 0 Å². The first kappa shape index (κ1) is 21.0. The van der Waals surface area contributed by atoms with E-state index >= 15 is 0 Å². The lowest BCUT2D eigenvalue weighted by molar-refractivity contribution is -0.140. The van der Waals surface area contributed by atoms with E-state index in [2.05, 4.69) is 4.90 Å². The molecule has 0 bridgehead atoms. The molecule has 2 heterocycles. The molecule has 0 radical (unpaired) electrons. The highest BCUT2D eigenvalue weighted by molar-refractivity contribution is 5.81. The average molecular weight is 376 g/mol. The molecule has 3 fully saturated rings. The van der Waals surface area contributed by atoms with Crippen LogP contribution in [0.4, 0.5) is 8.78 Å². The molecule has 1 N–H and O–H groups in total. The molecule has 3 aliphatic rings. The van der Waals surface area contributed by atoms with Gasteiger partial charge in [0, 0.05) is 45.6 Å². The first-order valence-electron chi connectivity index (χ1n) is 9.53. The molecule has 6 nitrogen and oxygen atoms in total. The van der Waals surface area contributed by atoms with Crippen molar-refractivity contribution in [2.45, 2.75) is 57.0 Å². The highest BCUT2D eigenvalue weighted by Gasteiger charge is 2.35. The normalized spacial score (nSPS) is 27.3. The van der Waals surface area contributed by atoms with Crippen LogP contribution in [0.2, 0.25) is 0 Å². The average Bonchev–Trinajstić information content (AvgIpc) is 3.04. The molecule has 150 valence electrons. The lowest BCUT2D eigenvalue weighted by Gasteiger charge is -2.32. The minimum Gasteiger partial charge on any atom is -0.483 e. The number of nitrogens with zero attached hydrogens (tertiary/aromatic N) is 2. The molecule has 0 spiro atoms. The molecule has 2 saturated heterocycles. The van der Waals surface area contributed by atoms with E-state index in [1.54, 1.807) is 0 Å². The van der Waals surface area contributed by atoms with Gasteiger partial charge >= 0.3 is 0 Å². The van der Waals surface area contributed by atoms with Gasteiger partial charge in [0.1, 0.15) is 6.10 Å². The van der Waals surface area contributed by atoms with Gasteiger partial charge in [0.2, 0.25) is 5.92 Å². The van der Waals surface area contributed by atoms with E-state index in [1.807, 2.05) is 4.90 Å². The van der Waals surface area contributed by atoms with Gasteiger partial charge in [0.25, 0.3) is 12.4 Å². The highest BCUT2D eigenvalue weighted by atomic mass is 19.3. The van der Waals surface area contributed by atoms with Crippen LogP contribution >= 0.6 is 0 Å². The maximum absolute atomic E-state index is 13.2. The Kier molecular flexibility index (Phi) is 8.21. The molecule has 1 aliphatic carbocycles. The Morgan fingerprint density at radius 1 is 1.12 bits per heavy atom. The van der Waals surface area contributed by atoms with Crippen LogP contribution in [-0.4, -0.2) is 78.6 Å². The Morgan fingerprint density at radius 3 is 2.42 bits per heavy atom. The number of alkyl halides is 2. The second-order valence-corrected chi connectivity index (χ2v) is 7.39. The molecular formula is C18H30F2N2O4. The van der Waals surface area contributed by atoms with E-state index in [0.29, 0.717) is 25.4 Å². The largest absolute Gasteiger partial charge is 0.483 e. The zero-order valence-corrected chi connectivity index (χ0v) is 15.2. The molecule has 1 amide bonds. The lowest BCUT2D eigenvalue weighted by Crippen LogP contribution is -2.41. The maximum atomic E-state index is 13.2. The van der Waals surface area contributed by atoms with Crippen molar-refractivity contribution in [1.82, 2.24) is 9.80 Å². The minimum atomic E-state index is -2.44. The number of rotatable bonds is 3. The Bertz CT molecular complexity index is 448. The summed E-state index contributed by atoms with van der Waals surface area (Å²) in [6, 6.07) is 0. The fraction of sp³-hybridized carbons (Fsp3) is 0.889. The fourth-order valence-corrected chi connectivity index (χ4v) is 4.00. The third kappa shape index (κ3) is 6.46. The van der Waals surface area contributed by atoms with Gasteiger partial charge < -0.3 is 19.6 Å². The van der Waals surface area contributed by atoms with Crippen molar-refractivity contribution < 1.29 is 28.2 Å². The van der Waals surface area contributed by atoms with Crippen LogP contribution in [0, 0.1) is 5.92 Å². The summed E-state index contributed by atoms with van der Waals surface area (Å²) in [5, 5.41) is 6.89. The van der Waals surface area contributed by atoms with Crippen molar-refractivity contribution in [2.24, 2.45) is 5.92 Å². The van der Waals surface area contributed by atoms with Gasteiger partial charge in [-0.15, -0.1) is 0 Å². The number of hydrogen-bond acceptors (Lipinski definition) is 4. The van der Waals surface area contributed by atoms with E-state index in [9.17, 15) is 13.6 Å². The van der Waals surface area contributed by atoms with Crippen molar-refractivity contribution in [3.8, 4) is 0 Å². The molecule has 0 aromatic rings. The third-order valence-electron chi connectivity index (χ3n) is 5.46. The topological polar surface area (TPSA) is 70.1 Å². The summed E-state index contributed by atoms with van der Waals surface area (Å²) >= 11 is 0. The zero-order valence-electron chi connectivity index (χ0n) is 15.2. The Hall–Kier alpha value is -1.28. The first-order chi connectivity index (χ1) is 12.4. The predicted molar refractivity (Wildman–Crippen MR) is 92.2 cm³/mol. The summed E-state index contributed by atoms with van der Waals surface area (Å²) in [5.41, 5.74) is 0. The van der Waals surface area contributed by atoms with Gasteiger partial charge in [0.05, 0.1) is 0 Å². The Labute approximate surface area is 153 Å². The van der Waals surface area contributed by atoms with E-state index in [-0.39, 0.29) is 31.3 Å². The third-order valence-corrected chi connectivity index (χ3v) is 5.46. The van der Waals surface area contributed by atoms with Crippen molar-refractivity contribution in [2.75, 3.05) is 39.3 Å². The van der Waals surface area contributed by atoms with Gasteiger partial charge in [-0.1, -0.05) is 0 Å². The van der Waals surface area contributed by atoms with Crippen molar-refractivity contribution >= 4 is 12.4 Å². The van der Waals surface area contributed by atoms with Gasteiger partial charge in [-0.25, -0.2) is 8.78 Å². The number of carbonyl (C=O) groups is 2. The summed E-state index contributed by atoms with van der Waals surface area (Å²) < 4.78 is 32.0. The van der Waals surface area contributed by atoms with Crippen LogP contribution in [0.15, 0.2) is 0 Å². The number of amides is 1. The van der Waals surface area contributed by atoms with Gasteiger partial charge in [-0.05, 0) is 44.6 Å². The monoisotopic (exact) mass is 376 g/mol. The Morgan fingerprint density at radius 2 is 1.81 bits per heavy atom. The SMILES string of the molecule is O=C([C@H]1CCCO1)N1CCCN(CC2CCC(F)(F)CC2)CC1.O=CO. The number of ether oxygens (including phenoxy) is 1. The van der Waals surface area contributed by atoms with Crippen molar-refractivity contribution in [1.29, 1.82) is 0 Å². The second kappa shape index (κ2) is 10.2. The molecule has 0 unspecified atom stereocenters. The van der Waals surface area contributed by atoms with Crippen molar-refractivity contribution in [3.63, 3.8) is 0 Å². The van der Waals surface area contributed by atoms with Crippen LogP contribution in [-0.2, 0) is 14.3 Å². The quantitative estimate of drug-likeness (QED) is 0.765. The van der Waals surface area contributed by atoms with E-state index in [4.69, 9.17) is 14.6 Å². The molecule has 1 atom stereocenters. The molecule has 0 aromatic carbocycles. The first-order valence-corrected chi connectivity index (χ1v) is 9.53. The van der Waals surface area contributed by atoms with Gasteiger partial charge in [0.15, 0.2) is 0 Å². The molecule has 0 aromatic heterocycles. The molecule has 26 heavy (non-hydrogen) atoms. The molecule has 8 heteroatoms. The molecule has 1 saturated carbocycles. The molecule has 2 aliphatic heterocycles. The molecular weight excluding hydrogens is 346 g/mol. The molecule has 3 rings (SSSR count). The van der Waals surface area contributed by atoms with Crippen molar-refractivity contribution in [3.05, 3.63) is 0 Å². The number of carbonyl (C=O) groups excluding carboxylic acids is 1. The summed E-state index contributed by atoms with van der Waals surface area (Å²) in [7, 11) is 0. The van der Waals surface area contributed by atoms with E-state index < -0.39 is 5.92 Å². The van der Waals surface area contributed by atoms with Gasteiger partial charge in [-0.2, -0.15) is 0 Å². The summed E-state index contributed by atoms with van der Waals surface area (Å²) in [5.74, 6) is -1.92. The summed E-state index contributed by atoms with van der Waals surface area (Å²) in [4.78, 5) is 25.1. The smallest absolute Gasteiger partial charge is 0.290 e. The van der Waals surface area contributed by atoms with Crippen LogP contribution in [0.25, 0.3) is 0 Å². The Balaban J connectivity index is 0.000000758. The second-order valence-electron chi connectivity index (χ2n) is 7.39. The number of carboxylic acid groups (broad SMARTS) is 1. The van der Waals surface area contributed by atoms with E-state index in [0.717, 1.165) is 52.0 Å². The summed E-state index contributed by atoms with van der Waals surface area (Å²) in [6.45, 7) is 4.69.